The van der Waals surface area contributed by atoms with Crippen molar-refractivity contribution in [3.05, 3.63) is 83.7 Å². The molecule has 0 spiro atoms. The van der Waals surface area contributed by atoms with Crippen molar-refractivity contribution in [1.82, 2.24) is 0 Å². The lowest BCUT2D eigenvalue weighted by Gasteiger charge is -2.30. The Labute approximate surface area is 192 Å². The number of nitrogens with one attached hydrogen (secondary N) is 2. The van der Waals surface area contributed by atoms with E-state index in [1.54, 1.807) is 12.1 Å². The van der Waals surface area contributed by atoms with Crippen molar-refractivity contribution in [3.63, 3.8) is 0 Å². The largest absolute Gasteiger partial charge is 0.378 e. The zero-order valence-corrected chi connectivity index (χ0v) is 18.9. The first-order valence-corrected chi connectivity index (χ1v) is 11.9. The quantitative estimate of drug-likeness (QED) is 0.569. The first-order chi connectivity index (χ1) is 15.8. The number of anilines is 3. The summed E-state index contributed by atoms with van der Waals surface area (Å²) in [6, 6.07) is 17.3. The number of nitrogens with zero attached hydrogens (tertiary/aromatic N) is 1. The molecule has 172 valence electrons. The number of hydrogen-bond acceptors (Lipinski definition) is 5. The summed E-state index contributed by atoms with van der Waals surface area (Å²) in [5, 5.41) is 2.93. The second-order valence-electron chi connectivity index (χ2n) is 7.66. The van der Waals surface area contributed by atoms with E-state index in [-0.39, 0.29) is 16.4 Å². The van der Waals surface area contributed by atoms with Gasteiger partial charge in [-0.1, -0.05) is 12.1 Å². The number of morpholine rings is 1. The van der Waals surface area contributed by atoms with Gasteiger partial charge in [0.1, 0.15) is 5.82 Å². The number of hydrogen-bond donors (Lipinski definition) is 2. The van der Waals surface area contributed by atoms with Crippen LogP contribution in [0.25, 0.3) is 0 Å². The van der Waals surface area contributed by atoms with Gasteiger partial charge in [0.15, 0.2) is 0 Å². The Bertz CT molecular complexity index is 1260. The molecular weight excluding hydrogens is 445 g/mol. The number of carbonyl (C=O) groups is 1. The molecule has 2 N–H and O–H groups in total. The van der Waals surface area contributed by atoms with Crippen LogP contribution in [-0.2, 0) is 14.8 Å². The van der Waals surface area contributed by atoms with E-state index in [4.69, 9.17) is 4.74 Å². The van der Waals surface area contributed by atoms with Crippen molar-refractivity contribution in [2.45, 2.75) is 11.8 Å². The van der Waals surface area contributed by atoms with Crippen LogP contribution < -0.4 is 14.9 Å². The average molecular weight is 470 g/mol. The van der Waals surface area contributed by atoms with Gasteiger partial charge in [0.2, 0.25) is 0 Å². The van der Waals surface area contributed by atoms with Gasteiger partial charge >= 0.3 is 0 Å². The van der Waals surface area contributed by atoms with Crippen molar-refractivity contribution < 1.29 is 22.3 Å². The van der Waals surface area contributed by atoms with E-state index in [9.17, 15) is 17.6 Å². The van der Waals surface area contributed by atoms with E-state index in [1.807, 2.05) is 24.3 Å². The van der Waals surface area contributed by atoms with Crippen LogP contribution in [0.2, 0.25) is 0 Å². The molecular formula is C24H24FN3O4S. The molecule has 33 heavy (non-hydrogen) atoms. The fraction of sp³-hybridized carbons (Fsp3) is 0.208. The average Bonchev–Trinajstić information content (AvgIpc) is 2.82. The lowest BCUT2D eigenvalue weighted by molar-refractivity contribution is 0.102. The summed E-state index contributed by atoms with van der Waals surface area (Å²) in [5.74, 6) is -0.779. The standard InChI is InChI=1S/C24H24FN3O4S/c1-17-16-20(10-11-21(17)25)33(30,31)27-19-8-6-18(7-9-19)24(29)26-22-4-2-3-5-23(22)28-12-14-32-15-13-28/h2-11,16,27H,12-15H2,1H3,(H,26,29). The van der Waals surface area contributed by atoms with Crippen LogP contribution in [0.1, 0.15) is 15.9 Å². The Balaban J connectivity index is 1.46. The monoisotopic (exact) mass is 469 g/mol. The van der Waals surface area contributed by atoms with Crippen LogP contribution >= 0.6 is 0 Å². The van der Waals surface area contributed by atoms with E-state index in [0.717, 1.165) is 24.8 Å². The number of sulfonamides is 1. The maximum Gasteiger partial charge on any atom is 0.261 e. The van der Waals surface area contributed by atoms with Crippen LogP contribution in [0.15, 0.2) is 71.6 Å². The number of benzene rings is 3. The Morgan fingerprint density at radius 3 is 2.39 bits per heavy atom. The highest BCUT2D eigenvalue weighted by molar-refractivity contribution is 7.92. The lowest BCUT2D eigenvalue weighted by Crippen LogP contribution is -2.36. The van der Waals surface area contributed by atoms with E-state index >= 15 is 0 Å². The third-order valence-corrected chi connectivity index (χ3v) is 6.72. The fourth-order valence-electron chi connectivity index (χ4n) is 3.54. The minimum atomic E-state index is -3.89. The highest BCUT2D eigenvalue weighted by Gasteiger charge is 2.18. The molecule has 3 aromatic carbocycles. The molecule has 4 rings (SSSR count). The summed E-state index contributed by atoms with van der Waals surface area (Å²) in [4.78, 5) is 14.9. The van der Waals surface area contributed by atoms with Crippen LogP contribution in [-0.4, -0.2) is 40.6 Å². The molecule has 0 unspecified atom stereocenters. The summed E-state index contributed by atoms with van der Waals surface area (Å²) >= 11 is 0. The van der Waals surface area contributed by atoms with E-state index in [1.165, 1.54) is 31.2 Å². The second kappa shape index (κ2) is 9.60. The summed E-state index contributed by atoms with van der Waals surface area (Å²) in [5.41, 5.74) is 2.53. The Kier molecular flexibility index (Phi) is 6.62. The van der Waals surface area contributed by atoms with Crippen molar-refractivity contribution in [2.75, 3.05) is 41.2 Å². The lowest BCUT2D eigenvalue weighted by atomic mass is 10.1. The number of rotatable bonds is 6. The molecule has 0 saturated carbocycles. The molecule has 9 heteroatoms. The minimum absolute atomic E-state index is 0.0389. The maximum atomic E-state index is 13.5. The third kappa shape index (κ3) is 5.32. The number of amides is 1. The van der Waals surface area contributed by atoms with Crippen LogP contribution in [0.5, 0.6) is 0 Å². The van der Waals surface area contributed by atoms with Gasteiger partial charge in [0.25, 0.3) is 15.9 Å². The zero-order chi connectivity index (χ0) is 23.4. The van der Waals surface area contributed by atoms with Gasteiger partial charge in [-0.3, -0.25) is 9.52 Å². The molecule has 1 aliphatic rings. The Morgan fingerprint density at radius 1 is 1.00 bits per heavy atom. The van der Waals surface area contributed by atoms with Crippen LogP contribution in [0, 0.1) is 12.7 Å². The fourth-order valence-corrected chi connectivity index (χ4v) is 4.69. The highest BCUT2D eigenvalue weighted by atomic mass is 32.2. The molecule has 7 nitrogen and oxygen atoms in total. The SMILES string of the molecule is Cc1cc(S(=O)(=O)Nc2ccc(C(=O)Nc3ccccc3N3CCOCC3)cc2)ccc1F. The molecule has 0 radical (unpaired) electrons. The van der Waals surface area contributed by atoms with E-state index in [2.05, 4.69) is 14.9 Å². The molecule has 1 amide bonds. The van der Waals surface area contributed by atoms with Gasteiger partial charge in [-0.25, -0.2) is 12.8 Å². The van der Waals surface area contributed by atoms with Crippen molar-refractivity contribution in [1.29, 1.82) is 0 Å². The van der Waals surface area contributed by atoms with E-state index in [0.29, 0.717) is 30.2 Å². The predicted molar refractivity (Wildman–Crippen MR) is 126 cm³/mol. The van der Waals surface area contributed by atoms with Gasteiger partial charge in [-0.15, -0.1) is 0 Å². The zero-order valence-electron chi connectivity index (χ0n) is 18.0. The van der Waals surface area contributed by atoms with Crippen LogP contribution in [0.3, 0.4) is 0 Å². The number of aryl methyl sites for hydroxylation is 1. The molecule has 1 saturated heterocycles. The molecule has 0 atom stereocenters. The van der Waals surface area contributed by atoms with Gasteiger partial charge in [-0.2, -0.15) is 0 Å². The molecule has 0 aromatic heterocycles. The molecule has 0 aliphatic carbocycles. The number of carbonyl (C=O) groups excluding carboxylic acids is 1. The molecule has 0 bridgehead atoms. The highest BCUT2D eigenvalue weighted by Crippen LogP contribution is 2.27. The summed E-state index contributed by atoms with van der Waals surface area (Å²) < 4.78 is 46.5. The summed E-state index contributed by atoms with van der Waals surface area (Å²) in [7, 11) is -3.89. The summed E-state index contributed by atoms with van der Waals surface area (Å²) in [6.07, 6.45) is 0. The van der Waals surface area contributed by atoms with Crippen molar-refractivity contribution >= 4 is 33.0 Å². The Morgan fingerprint density at radius 2 is 1.70 bits per heavy atom. The normalized spacial score (nSPS) is 14.1. The number of halogens is 1. The minimum Gasteiger partial charge on any atom is -0.378 e. The maximum absolute atomic E-state index is 13.5. The van der Waals surface area contributed by atoms with Gasteiger partial charge < -0.3 is 15.0 Å². The first-order valence-electron chi connectivity index (χ1n) is 10.5. The van der Waals surface area contributed by atoms with Crippen molar-refractivity contribution in [2.24, 2.45) is 0 Å². The number of ether oxygens (including phenoxy) is 1. The van der Waals surface area contributed by atoms with E-state index < -0.39 is 15.8 Å². The molecule has 3 aromatic rings. The second-order valence-corrected chi connectivity index (χ2v) is 9.35. The van der Waals surface area contributed by atoms with Gasteiger partial charge in [0, 0.05) is 24.3 Å². The topological polar surface area (TPSA) is 87.7 Å². The smallest absolute Gasteiger partial charge is 0.261 e. The molecule has 1 aliphatic heterocycles. The third-order valence-electron chi connectivity index (χ3n) is 5.34. The predicted octanol–water partition coefficient (Wildman–Crippen LogP) is 4.02. The van der Waals surface area contributed by atoms with Gasteiger partial charge in [0.05, 0.1) is 29.5 Å². The summed E-state index contributed by atoms with van der Waals surface area (Å²) in [6.45, 7) is 4.26. The van der Waals surface area contributed by atoms with Crippen LogP contribution in [0.4, 0.5) is 21.5 Å². The Hall–Kier alpha value is -3.43. The first kappa shape index (κ1) is 22.8. The number of para-hydroxylation sites is 2. The molecule has 1 fully saturated rings. The van der Waals surface area contributed by atoms with Gasteiger partial charge in [-0.05, 0) is 67.1 Å². The van der Waals surface area contributed by atoms with Crippen molar-refractivity contribution in [3.8, 4) is 0 Å². The molecule has 1 heterocycles.